The third-order valence-corrected chi connectivity index (χ3v) is 4.10. The summed E-state index contributed by atoms with van der Waals surface area (Å²) in [6.07, 6.45) is 0.849. The van der Waals surface area contributed by atoms with E-state index < -0.39 is 0 Å². The average Bonchev–Trinajstić information content (AvgIpc) is 3.26. The Labute approximate surface area is 145 Å². The molecule has 0 amide bonds. The predicted octanol–water partition coefficient (Wildman–Crippen LogP) is 3.64. The summed E-state index contributed by atoms with van der Waals surface area (Å²) in [7, 11) is 0. The number of aryl methyl sites for hydroxylation is 1. The van der Waals surface area contributed by atoms with E-state index in [-0.39, 0.29) is 0 Å². The molecule has 126 valence electrons. The average molecular weight is 333 g/mol. The minimum Gasteiger partial charge on any atom is -0.406 e. The van der Waals surface area contributed by atoms with E-state index in [4.69, 9.17) is 4.42 Å². The van der Waals surface area contributed by atoms with Gasteiger partial charge >= 0.3 is 6.01 Å². The molecule has 2 aromatic heterocycles. The summed E-state index contributed by atoms with van der Waals surface area (Å²) in [5, 5.41) is 11.4. The van der Waals surface area contributed by atoms with Crippen LogP contribution in [0.1, 0.15) is 24.2 Å². The number of aromatic nitrogens is 4. The third-order valence-electron chi connectivity index (χ3n) is 4.10. The minimum atomic E-state index is 0.432. The molecule has 0 saturated heterocycles. The second kappa shape index (κ2) is 6.76. The molecule has 0 spiro atoms. The first-order valence-electron chi connectivity index (χ1n) is 8.38. The highest BCUT2D eigenvalue weighted by atomic mass is 16.4. The van der Waals surface area contributed by atoms with Crippen molar-refractivity contribution in [3.05, 3.63) is 71.9 Å². The number of fused-ring (bicyclic) bond motifs is 1. The zero-order valence-corrected chi connectivity index (χ0v) is 14.0. The molecule has 0 radical (unpaired) electrons. The molecular weight excluding hydrogens is 314 g/mol. The van der Waals surface area contributed by atoms with E-state index in [1.165, 1.54) is 0 Å². The summed E-state index contributed by atoms with van der Waals surface area (Å²) in [5.41, 5.74) is 3.23. The van der Waals surface area contributed by atoms with Crippen molar-refractivity contribution in [3.63, 3.8) is 0 Å². The fraction of sp³-hybridized carbons (Fsp3) is 0.211. The van der Waals surface area contributed by atoms with Gasteiger partial charge in [0.05, 0.1) is 11.0 Å². The molecule has 0 aliphatic carbocycles. The van der Waals surface area contributed by atoms with Crippen LogP contribution in [0.15, 0.2) is 59.0 Å². The van der Waals surface area contributed by atoms with Gasteiger partial charge in [-0.25, -0.2) is 4.98 Å². The molecule has 2 heterocycles. The number of nitrogens with zero attached hydrogens (tertiary/aromatic N) is 4. The Balaban J connectivity index is 1.51. The lowest BCUT2D eigenvalue weighted by molar-refractivity contribution is 0.486. The van der Waals surface area contributed by atoms with Crippen LogP contribution in [0.4, 0.5) is 6.01 Å². The zero-order chi connectivity index (χ0) is 17.1. The molecule has 0 aliphatic rings. The van der Waals surface area contributed by atoms with Crippen LogP contribution in [-0.4, -0.2) is 19.7 Å². The highest BCUT2D eigenvalue weighted by Gasteiger charge is 2.13. The summed E-state index contributed by atoms with van der Waals surface area (Å²) in [6, 6.07) is 18.6. The minimum absolute atomic E-state index is 0.432. The molecule has 4 aromatic rings. The first kappa shape index (κ1) is 15.4. The number of imidazole rings is 1. The monoisotopic (exact) mass is 333 g/mol. The van der Waals surface area contributed by atoms with E-state index in [9.17, 15) is 0 Å². The number of rotatable bonds is 6. The molecule has 0 atom stereocenters. The lowest BCUT2D eigenvalue weighted by Crippen LogP contribution is -2.04. The molecule has 0 aliphatic heterocycles. The number of hydrogen-bond acceptors (Lipinski definition) is 5. The van der Waals surface area contributed by atoms with E-state index in [0.717, 1.165) is 28.8 Å². The van der Waals surface area contributed by atoms with Gasteiger partial charge in [0.15, 0.2) is 0 Å². The van der Waals surface area contributed by atoms with Gasteiger partial charge in [-0.15, -0.1) is 5.10 Å². The zero-order valence-electron chi connectivity index (χ0n) is 14.0. The highest BCUT2D eigenvalue weighted by molar-refractivity contribution is 5.75. The van der Waals surface area contributed by atoms with E-state index >= 15 is 0 Å². The van der Waals surface area contributed by atoms with E-state index in [1.807, 2.05) is 36.4 Å². The van der Waals surface area contributed by atoms with Crippen LogP contribution in [0.3, 0.4) is 0 Å². The summed E-state index contributed by atoms with van der Waals surface area (Å²) in [6.45, 7) is 3.26. The van der Waals surface area contributed by atoms with Crippen molar-refractivity contribution in [1.82, 2.24) is 19.7 Å². The molecule has 6 nitrogen and oxygen atoms in total. The molecule has 4 rings (SSSR count). The second-order valence-corrected chi connectivity index (χ2v) is 5.80. The summed E-state index contributed by atoms with van der Waals surface area (Å²) < 4.78 is 7.87. The summed E-state index contributed by atoms with van der Waals surface area (Å²) in [5.74, 6) is 1.58. The van der Waals surface area contributed by atoms with Gasteiger partial charge in [-0.3, -0.25) is 0 Å². The molecule has 0 fully saturated rings. The predicted molar refractivity (Wildman–Crippen MR) is 96.3 cm³/mol. The molecule has 0 bridgehead atoms. The number of nitrogens with one attached hydrogen (secondary N) is 1. The topological polar surface area (TPSA) is 68.8 Å². The lowest BCUT2D eigenvalue weighted by Gasteiger charge is -2.04. The Bertz CT molecular complexity index is 974. The Morgan fingerprint density at radius 1 is 1.00 bits per heavy atom. The van der Waals surface area contributed by atoms with Crippen LogP contribution in [0.2, 0.25) is 0 Å². The molecule has 0 saturated carbocycles. The lowest BCUT2D eigenvalue weighted by atomic mass is 10.2. The Morgan fingerprint density at radius 2 is 1.80 bits per heavy atom. The molecule has 2 aromatic carbocycles. The Hall–Kier alpha value is -3.15. The SMILES string of the molecule is CCc1nc2ccccc2n1Cc1nnc(NCc2ccccc2)o1. The normalized spacial score (nSPS) is 11.1. The first-order valence-corrected chi connectivity index (χ1v) is 8.38. The maximum absolute atomic E-state index is 5.75. The second-order valence-electron chi connectivity index (χ2n) is 5.80. The summed E-state index contributed by atoms with van der Waals surface area (Å²) >= 11 is 0. The van der Waals surface area contributed by atoms with Crippen LogP contribution in [0.25, 0.3) is 11.0 Å². The van der Waals surface area contributed by atoms with Crippen LogP contribution >= 0.6 is 0 Å². The number of hydrogen-bond donors (Lipinski definition) is 1. The number of benzene rings is 2. The smallest absolute Gasteiger partial charge is 0.315 e. The van der Waals surface area contributed by atoms with Gasteiger partial charge in [-0.2, -0.15) is 0 Å². The fourth-order valence-corrected chi connectivity index (χ4v) is 2.87. The van der Waals surface area contributed by atoms with Gasteiger partial charge in [-0.05, 0) is 17.7 Å². The van der Waals surface area contributed by atoms with Crippen LogP contribution in [0.5, 0.6) is 0 Å². The third kappa shape index (κ3) is 3.24. The fourth-order valence-electron chi connectivity index (χ4n) is 2.87. The highest BCUT2D eigenvalue weighted by Crippen LogP contribution is 2.18. The van der Waals surface area contributed by atoms with E-state index in [1.54, 1.807) is 0 Å². The number of para-hydroxylation sites is 2. The maximum atomic E-state index is 5.75. The van der Waals surface area contributed by atoms with Crippen molar-refractivity contribution in [2.24, 2.45) is 0 Å². The van der Waals surface area contributed by atoms with E-state index in [0.29, 0.717) is 25.0 Å². The Kier molecular flexibility index (Phi) is 4.16. The molecule has 0 unspecified atom stereocenters. The van der Waals surface area contributed by atoms with Crippen molar-refractivity contribution in [2.75, 3.05) is 5.32 Å². The van der Waals surface area contributed by atoms with E-state index in [2.05, 4.69) is 50.2 Å². The molecule has 1 N–H and O–H groups in total. The largest absolute Gasteiger partial charge is 0.406 e. The van der Waals surface area contributed by atoms with Crippen molar-refractivity contribution in [2.45, 2.75) is 26.4 Å². The van der Waals surface area contributed by atoms with Gasteiger partial charge in [0.2, 0.25) is 5.89 Å². The molecule has 6 heteroatoms. The Morgan fingerprint density at radius 3 is 2.64 bits per heavy atom. The van der Waals surface area contributed by atoms with Crippen molar-refractivity contribution in [1.29, 1.82) is 0 Å². The van der Waals surface area contributed by atoms with Gasteiger partial charge in [0, 0.05) is 13.0 Å². The van der Waals surface area contributed by atoms with Crippen molar-refractivity contribution < 1.29 is 4.42 Å². The molecule has 25 heavy (non-hydrogen) atoms. The maximum Gasteiger partial charge on any atom is 0.315 e. The van der Waals surface area contributed by atoms with Crippen molar-refractivity contribution >= 4 is 17.0 Å². The van der Waals surface area contributed by atoms with Crippen molar-refractivity contribution in [3.8, 4) is 0 Å². The summed E-state index contributed by atoms with van der Waals surface area (Å²) in [4.78, 5) is 4.67. The number of anilines is 1. The quantitative estimate of drug-likeness (QED) is 0.583. The van der Waals surface area contributed by atoms with Gasteiger partial charge in [-0.1, -0.05) is 54.5 Å². The van der Waals surface area contributed by atoms with Gasteiger partial charge < -0.3 is 14.3 Å². The van der Waals surface area contributed by atoms with Crippen LogP contribution in [-0.2, 0) is 19.5 Å². The molecular formula is C19H19N5O. The van der Waals surface area contributed by atoms with Crippen LogP contribution < -0.4 is 5.32 Å². The first-order chi connectivity index (χ1) is 12.3. The standard InChI is InChI=1S/C19H19N5O/c1-2-17-21-15-10-6-7-11-16(15)24(17)13-18-22-23-19(25-18)20-12-14-8-4-3-5-9-14/h3-11H,2,12-13H2,1H3,(H,20,23). The van der Waals surface area contributed by atoms with Crippen LogP contribution in [0, 0.1) is 0 Å². The van der Waals surface area contributed by atoms with Gasteiger partial charge in [0.1, 0.15) is 12.4 Å². The van der Waals surface area contributed by atoms with Gasteiger partial charge in [0.25, 0.3) is 0 Å².